The van der Waals surface area contributed by atoms with Crippen LogP contribution in [0.3, 0.4) is 0 Å². The molecule has 2 heterocycles. The highest BCUT2D eigenvalue weighted by molar-refractivity contribution is 5.74. The average molecular weight is 312 g/mol. The number of rotatable bonds is 4. The molecule has 0 saturated heterocycles. The molecule has 22 heavy (non-hydrogen) atoms. The summed E-state index contributed by atoms with van der Waals surface area (Å²) < 4.78 is 34.5. The summed E-state index contributed by atoms with van der Waals surface area (Å²) in [6, 6.07) is 2.25. The normalized spacial score (nSPS) is 9.50. The van der Waals surface area contributed by atoms with Gasteiger partial charge in [-0.05, 0) is 17.7 Å². The molecule has 8 heteroatoms. The van der Waals surface area contributed by atoms with Crippen LogP contribution in [0.5, 0.6) is 11.8 Å². The van der Waals surface area contributed by atoms with Gasteiger partial charge in [0.15, 0.2) is 17.9 Å². The molecule has 2 rings (SSSR count). The molecule has 0 unspecified atom stereocenters. The van der Waals surface area contributed by atoms with Crippen LogP contribution < -0.4 is 9.47 Å². The van der Waals surface area contributed by atoms with Crippen LogP contribution >= 0.6 is 0 Å². The highest BCUT2D eigenvalue weighted by Gasteiger charge is 2.04. The van der Waals surface area contributed by atoms with E-state index in [2.05, 4.69) is 19.4 Å². The molecule has 2 aromatic rings. The molecule has 0 atom stereocenters. The maximum Gasteiger partial charge on any atom is 0.250 e. The topological polar surface area (TPSA) is 81.5 Å². The van der Waals surface area contributed by atoms with Crippen molar-refractivity contribution in [2.24, 2.45) is 0 Å². The number of aromatic nitrogens is 2. The van der Waals surface area contributed by atoms with Crippen LogP contribution in [0.2, 0.25) is 0 Å². The van der Waals surface area contributed by atoms with E-state index >= 15 is 0 Å². The highest BCUT2D eigenvalue weighted by atomic mass is 19.1. The number of halogens is 2. The van der Waals surface area contributed by atoms with Crippen molar-refractivity contribution in [3.05, 3.63) is 47.3 Å². The number of hydrogen-bond acceptors (Lipinski definition) is 6. The number of hydrogen-bond donors (Lipinski definition) is 1. The highest BCUT2D eigenvalue weighted by Crippen LogP contribution is 2.13. The maximum atomic E-state index is 12.7. The van der Waals surface area contributed by atoms with E-state index in [4.69, 9.17) is 5.11 Å². The summed E-state index contributed by atoms with van der Waals surface area (Å²) in [5, 5.41) is 8.58. The lowest BCUT2D eigenvalue weighted by atomic mass is 10.3. The number of carbonyl (C=O) groups excluding carboxylic acids is 1. The minimum atomic E-state index is -0.628. The van der Waals surface area contributed by atoms with Gasteiger partial charge in [-0.2, -0.15) is 0 Å². The Morgan fingerprint density at radius 1 is 1.09 bits per heavy atom. The minimum Gasteiger partial charge on any atom is -0.479 e. The molecule has 0 amide bonds. The van der Waals surface area contributed by atoms with Gasteiger partial charge in [-0.15, -0.1) is 0 Å². The van der Waals surface area contributed by atoms with E-state index in [-0.39, 0.29) is 23.9 Å². The van der Waals surface area contributed by atoms with Crippen molar-refractivity contribution in [2.45, 2.75) is 6.61 Å². The standard InChI is InChI=1S/C7H8FNO2.C7H6FNO2/c2*1-11-7-6(8)2-5(4-10)3-9-7/h2-3,10H,4H2,1H3;2-4H,1H3. The first-order valence-electron chi connectivity index (χ1n) is 5.99. The number of aldehydes is 1. The first-order chi connectivity index (χ1) is 10.5. The Kier molecular flexibility index (Phi) is 6.84. The molecule has 0 spiro atoms. The summed E-state index contributed by atoms with van der Waals surface area (Å²) in [7, 11) is 2.65. The lowest BCUT2D eigenvalue weighted by Crippen LogP contribution is -1.94. The summed E-state index contributed by atoms with van der Waals surface area (Å²) >= 11 is 0. The number of methoxy groups -OCH3 is 2. The molecule has 0 aliphatic rings. The van der Waals surface area contributed by atoms with Crippen LogP contribution in [0.15, 0.2) is 24.5 Å². The van der Waals surface area contributed by atoms with E-state index < -0.39 is 11.6 Å². The maximum absolute atomic E-state index is 12.7. The van der Waals surface area contributed by atoms with Crippen molar-refractivity contribution in [1.29, 1.82) is 0 Å². The molecule has 0 aliphatic heterocycles. The average Bonchev–Trinajstić information content (AvgIpc) is 2.55. The second-order valence-corrected chi connectivity index (χ2v) is 3.87. The van der Waals surface area contributed by atoms with Gasteiger partial charge in [0.2, 0.25) is 11.8 Å². The van der Waals surface area contributed by atoms with Gasteiger partial charge in [0, 0.05) is 18.0 Å². The van der Waals surface area contributed by atoms with Crippen molar-refractivity contribution in [2.75, 3.05) is 14.2 Å². The lowest BCUT2D eigenvalue weighted by molar-refractivity contribution is 0.112. The Hall–Kier alpha value is -2.61. The minimum absolute atomic E-state index is 0.0535. The van der Waals surface area contributed by atoms with Gasteiger partial charge in [0.25, 0.3) is 0 Å². The zero-order chi connectivity index (χ0) is 16.5. The zero-order valence-corrected chi connectivity index (χ0v) is 11.9. The van der Waals surface area contributed by atoms with E-state index in [0.717, 1.165) is 6.07 Å². The first kappa shape index (κ1) is 17.4. The van der Waals surface area contributed by atoms with Crippen molar-refractivity contribution >= 4 is 6.29 Å². The number of pyridine rings is 2. The predicted molar refractivity (Wildman–Crippen MR) is 72.8 cm³/mol. The SMILES string of the molecule is COc1ncc(C=O)cc1F.COc1ncc(CO)cc1F. The van der Waals surface area contributed by atoms with Gasteiger partial charge in [0.1, 0.15) is 0 Å². The third-order valence-corrected chi connectivity index (χ3v) is 2.40. The van der Waals surface area contributed by atoms with E-state index in [9.17, 15) is 13.6 Å². The smallest absolute Gasteiger partial charge is 0.250 e. The molecular formula is C14H14F2N2O4. The van der Waals surface area contributed by atoms with Gasteiger partial charge >= 0.3 is 0 Å². The van der Waals surface area contributed by atoms with Gasteiger partial charge in [0.05, 0.1) is 20.8 Å². The number of aliphatic hydroxyl groups excluding tert-OH is 1. The van der Waals surface area contributed by atoms with Gasteiger partial charge in [-0.3, -0.25) is 4.79 Å². The third kappa shape index (κ3) is 4.74. The van der Waals surface area contributed by atoms with Crippen molar-refractivity contribution in [3.63, 3.8) is 0 Å². The molecule has 0 radical (unpaired) electrons. The lowest BCUT2D eigenvalue weighted by Gasteiger charge is -2.00. The Morgan fingerprint density at radius 2 is 1.64 bits per heavy atom. The third-order valence-electron chi connectivity index (χ3n) is 2.40. The van der Waals surface area contributed by atoms with Crippen LogP contribution in [0, 0.1) is 11.6 Å². The van der Waals surface area contributed by atoms with Crippen LogP contribution in [0.25, 0.3) is 0 Å². The fraction of sp³-hybridized carbons (Fsp3) is 0.214. The van der Waals surface area contributed by atoms with E-state index in [0.29, 0.717) is 11.8 Å². The summed E-state index contributed by atoms with van der Waals surface area (Å²) in [6.45, 7) is -0.214. The monoisotopic (exact) mass is 312 g/mol. The molecule has 0 aromatic carbocycles. The summed E-state index contributed by atoms with van der Waals surface area (Å²) in [5.41, 5.74) is 0.631. The second kappa shape index (κ2) is 8.63. The van der Waals surface area contributed by atoms with Crippen LogP contribution in [-0.2, 0) is 6.61 Å². The van der Waals surface area contributed by atoms with Crippen LogP contribution in [0.4, 0.5) is 8.78 Å². The van der Waals surface area contributed by atoms with Crippen molar-refractivity contribution in [1.82, 2.24) is 9.97 Å². The van der Waals surface area contributed by atoms with Crippen LogP contribution in [-0.4, -0.2) is 35.6 Å². The number of carbonyl (C=O) groups is 1. The summed E-state index contributed by atoms with van der Waals surface area (Å²) in [6.07, 6.45) is 3.13. The quantitative estimate of drug-likeness (QED) is 0.866. The fourth-order valence-corrected chi connectivity index (χ4v) is 1.36. The van der Waals surface area contributed by atoms with Gasteiger partial charge < -0.3 is 14.6 Å². The summed E-state index contributed by atoms with van der Waals surface area (Å²) in [4.78, 5) is 17.3. The molecule has 0 fully saturated rings. The van der Waals surface area contributed by atoms with Gasteiger partial charge in [-0.25, -0.2) is 18.7 Å². The predicted octanol–water partition coefficient (Wildman–Crippen LogP) is 1.76. The Balaban J connectivity index is 0.000000220. The second-order valence-electron chi connectivity index (χ2n) is 3.87. The molecule has 0 aliphatic carbocycles. The van der Waals surface area contributed by atoms with Crippen molar-refractivity contribution < 1.29 is 28.2 Å². The molecule has 1 N–H and O–H groups in total. The largest absolute Gasteiger partial charge is 0.479 e. The molecular weight excluding hydrogens is 298 g/mol. The van der Waals surface area contributed by atoms with E-state index in [1.165, 1.54) is 32.7 Å². The molecule has 118 valence electrons. The van der Waals surface area contributed by atoms with Crippen LogP contribution in [0.1, 0.15) is 15.9 Å². The van der Waals surface area contributed by atoms with Crippen molar-refractivity contribution in [3.8, 4) is 11.8 Å². The van der Waals surface area contributed by atoms with Gasteiger partial charge in [-0.1, -0.05) is 0 Å². The Bertz CT molecular complexity index is 638. The van der Waals surface area contributed by atoms with E-state index in [1.807, 2.05) is 0 Å². The first-order valence-corrected chi connectivity index (χ1v) is 5.99. The number of ether oxygens (including phenoxy) is 2. The molecule has 0 bridgehead atoms. The van der Waals surface area contributed by atoms with E-state index in [1.54, 1.807) is 0 Å². The Labute approximate surface area is 125 Å². The molecule has 6 nitrogen and oxygen atoms in total. The summed E-state index contributed by atoms with van der Waals surface area (Å²) in [5.74, 6) is -1.34. The fourth-order valence-electron chi connectivity index (χ4n) is 1.36. The number of nitrogens with zero attached hydrogens (tertiary/aromatic N) is 2. The Morgan fingerprint density at radius 3 is 2.05 bits per heavy atom. The zero-order valence-electron chi connectivity index (χ0n) is 11.9. The number of aliphatic hydroxyl groups is 1. The molecule has 0 saturated carbocycles. The molecule has 2 aromatic heterocycles.